The van der Waals surface area contributed by atoms with Gasteiger partial charge in [0.25, 0.3) is 0 Å². The van der Waals surface area contributed by atoms with Crippen molar-refractivity contribution in [1.29, 1.82) is 0 Å². The second-order valence-corrected chi connectivity index (χ2v) is 6.86. The van der Waals surface area contributed by atoms with Crippen molar-refractivity contribution in [3.05, 3.63) is 84.6 Å². The largest absolute Gasteiger partial charge is 0.256 e. The molecule has 0 N–H and O–H groups in total. The third-order valence-corrected chi connectivity index (χ3v) is 5.51. The van der Waals surface area contributed by atoms with Crippen molar-refractivity contribution in [3.63, 3.8) is 0 Å². The molecule has 0 bridgehead atoms. The Kier molecular flexibility index (Phi) is 3.90. The summed E-state index contributed by atoms with van der Waals surface area (Å²) in [7, 11) is -0.569. The number of aromatic nitrogens is 1. The van der Waals surface area contributed by atoms with Crippen LogP contribution in [0.5, 0.6) is 0 Å². The van der Waals surface area contributed by atoms with E-state index in [1.807, 2.05) is 6.20 Å². The van der Waals surface area contributed by atoms with Crippen molar-refractivity contribution in [2.75, 3.05) is 0 Å². The van der Waals surface area contributed by atoms with Gasteiger partial charge < -0.3 is 0 Å². The lowest BCUT2D eigenvalue weighted by atomic mass is 10.3. The lowest BCUT2D eigenvalue weighted by Crippen LogP contribution is -2.22. The zero-order valence-electron chi connectivity index (χ0n) is 11.4. The first-order valence-corrected chi connectivity index (χ1v) is 8.01. The van der Waals surface area contributed by atoms with Crippen LogP contribution in [-0.2, 0) is 0 Å². The Labute approximate surface area is 121 Å². The predicted molar refractivity (Wildman–Crippen MR) is 87.7 cm³/mol. The maximum atomic E-state index is 4.66. The number of benzene rings is 2. The molecular formula is C18H16NP. The van der Waals surface area contributed by atoms with E-state index in [4.69, 9.17) is 0 Å². The Morgan fingerprint density at radius 1 is 0.700 bits per heavy atom. The summed E-state index contributed by atoms with van der Waals surface area (Å²) in [5.41, 5.74) is 2.35. The van der Waals surface area contributed by atoms with Gasteiger partial charge in [-0.05, 0) is 29.2 Å². The lowest BCUT2D eigenvalue weighted by Gasteiger charge is -2.18. The Morgan fingerprint density at radius 2 is 1.25 bits per heavy atom. The molecule has 0 unspecified atom stereocenters. The monoisotopic (exact) mass is 277 g/mol. The molecule has 2 aromatic carbocycles. The van der Waals surface area contributed by atoms with Crippen LogP contribution < -0.4 is 16.0 Å². The fraction of sp³-hybridized carbons (Fsp3) is 0.0556. The van der Waals surface area contributed by atoms with Crippen molar-refractivity contribution >= 4 is 24.0 Å². The average Bonchev–Trinajstić information content (AvgIpc) is 2.52. The van der Waals surface area contributed by atoms with E-state index in [0.717, 1.165) is 5.44 Å². The molecule has 1 aromatic heterocycles. The third-order valence-electron chi connectivity index (χ3n) is 3.15. The van der Waals surface area contributed by atoms with Gasteiger partial charge in [0.1, 0.15) is 0 Å². The summed E-state index contributed by atoms with van der Waals surface area (Å²) in [6.45, 7) is 2.07. The average molecular weight is 277 g/mol. The first-order valence-electron chi connectivity index (χ1n) is 6.67. The van der Waals surface area contributed by atoms with E-state index in [0.29, 0.717) is 0 Å². The number of hydrogen-bond donors (Lipinski definition) is 0. The molecule has 0 fully saturated rings. The summed E-state index contributed by atoms with van der Waals surface area (Å²) in [6, 6.07) is 25.6. The van der Waals surface area contributed by atoms with Gasteiger partial charge in [-0.2, -0.15) is 0 Å². The van der Waals surface area contributed by atoms with Gasteiger partial charge >= 0.3 is 0 Å². The van der Waals surface area contributed by atoms with Gasteiger partial charge in [0.2, 0.25) is 0 Å². The van der Waals surface area contributed by atoms with Crippen molar-refractivity contribution in [3.8, 4) is 0 Å². The van der Waals surface area contributed by atoms with Gasteiger partial charge in [-0.25, -0.2) is 0 Å². The molecule has 98 valence electrons. The summed E-state index contributed by atoms with van der Waals surface area (Å²) >= 11 is 0. The highest BCUT2D eigenvalue weighted by Crippen LogP contribution is 2.31. The van der Waals surface area contributed by atoms with Crippen LogP contribution in [0.2, 0.25) is 0 Å². The summed E-state index contributed by atoms with van der Waals surface area (Å²) in [6.07, 6.45) is 1.95. The van der Waals surface area contributed by atoms with Gasteiger partial charge in [0.05, 0.1) is 5.44 Å². The molecule has 0 atom stereocenters. The highest BCUT2D eigenvalue weighted by molar-refractivity contribution is 7.79. The number of hydrogen-bond acceptors (Lipinski definition) is 1. The van der Waals surface area contributed by atoms with Gasteiger partial charge in [-0.3, -0.25) is 4.98 Å². The van der Waals surface area contributed by atoms with Crippen LogP contribution in [-0.4, -0.2) is 4.98 Å². The molecule has 0 saturated carbocycles. The van der Waals surface area contributed by atoms with E-state index < -0.39 is 7.92 Å². The minimum atomic E-state index is -0.569. The van der Waals surface area contributed by atoms with E-state index in [9.17, 15) is 0 Å². The maximum absolute atomic E-state index is 4.66. The second-order valence-electron chi connectivity index (χ2n) is 4.70. The minimum absolute atomic E-state index is 0.569. The zero-order valence-corrected chi connectivity index (χ0v) is 12.3. The normalized spacial score (nSPS) is 10.7. The van der Waals surface area contributed by atoms with Gasteiger partial charge in [0, 0.05) is 14.1 Å². The Hall–Kier alpha value is -1.98. The fourth-order valence-corrected chi connectivity index (χ4v) is 4.32. The fourth-order valence-electron chi connectivity index (χ4n) is 2.16. The van der Waals surface area contributed by atoms with Crippen LogP contribution in [0.25, 0.3) is 0 Å². The van der Waals surface area contributed by atoms with Gasteiger partial charge in [-0.1, -0.05) is 66.7 Å². The predicted octanol–water partition coefficient (Wildman–Crippen LogP) is 3.15. The van der Waals surface area contributed by atoms with Crippen molar-refractivity contribution in [1.82, 2.24) is 4.98 Å². The molecule has 0 saturated heterocycles. The molecule has 0 aliphatic heterocycles. The third kappa shape index (κ3) is 2.79. The van der Waals surface area contributed by atoms with E-state index >= 15 is 0 Å². The molecule has 0 aliphatic rings. The number of aryl methyl sites for hydroxylation is 1. The molecule has 3 aromatic rings. The summed E-state index contributed by atoms with van der Waals surface area (Å²) in [5.74, 6) is 0. The van der Waals surface area contributed by atoms with Crippen molar-refractivity contribution in [2.45, 2.75) is 6.92 Å². The first kappa shape index (κ1) is 13.0. The Morgan fingerprint density at radius 3 is 1.70 bits per heavy atom. The first-order chi connectivity index (χ1) is 9.84. The van der Waals surface area contributed by atoms with Crippen LogP contribution in [0, 0.1) is 6.92 Å². The second kappa shape index (κ2) is 5.98. The molecule has 0 spiro atoms. The molecule has 1 heterocycles. The van der Waals surface area contributed by atoms with Gasteiger partial charge in [-0.15, -0.1) is 0 Å². The molecule has 2 heteroatoms. The van der Waals surface area contributed by atoms with Crippen LogP contribution in [0.4, 0.5) is 0 Å². The van der Waals surface area contributed by atoms with Gasteiger partial charge in [0.15, 0.2) is 0 Å². The summed E-state index contributed by atoms with van der Waals surface area (Å²) < 4.78 is 0. The molecule has 0 aliphatic carbocycles. The molecule has 20 heavy (non-hydrogen) atoms. The highest BCUT2D eigenvalue weighted by atomic mass is 31.1. The van der Waals surface area contributed by atoms with E-state index in [1.165, 1.54) is 16.2 Å². The minimum Gasteiger partial charge on any atom is -0.256 e. The molecule has 3 rings (SSSR count). The maximum Gasteiger partial charge on any atom is 0.0721 e. The highest BCUT2D eigenvalue weighted by Gasteiger charge is 2.16. The molecule has 0 amide bonds. The quantitative estimate of drug-likeness (QED) is 0.670. The zero-order chi connectivity index (χ0) is 13.8. The van der Waals surface area contributed by atoms with Crippen LogP contribution in [0.1, 0.15) is 5.56 Å². The smallest absolute Gasteiger partial charge is 0.0721 e. The molecular weight excluding hydrogens is 261 g/mol. The lowest BCUT2D eigenvalue weighted by molar-refractivity contribution is 1.31. The topological polar surface area (TPSA) is 12.9 Å². The Bertz CT molecular complexity index is 623. The van der Waals surface area contributed by atoms with Crippen LogP contribution in [0.3, 0.4) is 0 Å². The van der Waals surface area contributed by atoms with Crippen molar-refractivity contribution < 1.29 is 0 Å². The SMILES string of the molecule is Cc1ccc(P(c2ccccc2)c2ccccc2)nc1. The van der Waals surface area contributed by atoms with Crippen LogP contribution in [0.15, 0.2) is 79.0 Å². The Balaban J connectivity index is 2.11. The van der Waals surface area contributed by atoms with E-state index in [-0.39, 0.29) is 0 Å². The number of rotatable bonds is 3. The molecule has 0 radical (unpaired) electrons. The number of nitrogens with zero attached hydrogens (tertiary/aromatic N) is 1. The van der Waals surface area contributed by atoms with Crippen molar-refractivity contribution in [2.24, 2.45) is 0 Å². The van der Waals surface area contributed by atoms with E-state index in [1.54, 1.807) is 0 Å². The summed E-state index contributed by atoms with van der Waals surface area (Å²) in [5, 5.41) is 2.68. The standard InChI is InChI=1S/C18H16NP/c1-15-12-13-18(19-14-15)20(16-8-4-2-5-9-16)17-10-6-3-7-11-17/h2-14H,1H3. The summed E-state index contributed by atoms with van der Waals surface area (Å²) in [4.78, 5) is 4.66. The number of pyridine rings is 1. The van der Waals surface area contributed by atoms with E-state index in [2.05, 4.69) is 84.7 Å². The molecule has 1 nitrogen and oxygen atoms in total. The van der Waals surface area contributed by atoms with Crippen LogP contribution >= 0.6 is 7.92 Å².